The highest BCUT2D eigenvalue weighted by atomic mass is 19.1. The number of carbonyl (C=O) groups excluding carboxylic acids is 1. The quantitative estimate of drug-likeness (QED) is 0.889. The van der Waals surface area contributed by atoms with Crippen LogP contribution >= 0.6 is 0 Å². The van der Waals surface area contributed by atoms with E-state index in [1.807, 2.05) is 18.2 Å². The minimum absolute atomic E-state index is 0.118. The van der Waals surface area contributed by atoms with Gasteiger partial charge < -0.3 is 14.8 Å². The summed E-state index contributed by atoms with van der Waals surface area (Å²) < 4.78 is 37.1. The van der Waals surface area contributed by atoms with E-state index >= 15 is 0 Å². The van der Waals surface area contributed by atoms with E-state index in [0.29, 0.717) is 11.8 Å². The highest BCUT2D eigenvalue weighted by Gasteiger charge is 2.18. The Morgan fingerprint density at radius 3 is 2.57 bits per heavy atom. The number of amides is 1. The SMILES string of the molecule is COc1ccccc1C(CNC(=O)c1ccc(F)cc1F)OC. The Hall–Kier alpha value is -2.47. The van der Waals surface area contributed by atoms with Crippen molar-refractivity contribution >= 4 is 5.91 Å². The van der Waals surface area contributed by atoms with E-state index in [4.69, 9.17) is 9.47 Å². The summed E-state index contributed by atoms with van der Waals surface area (Å²) in [5.74, 6) is -1.65. The van der Waals surface area contributed by atoms with Gasteiger partial charge in [-0.1, -0.05) is 18.2 Å². The molecule has 122 valence electrons. The van der Waals surface area contributed by atoms with E-state index in [1.165, 1.54) is 14.2 Å². The number of hydrogen-bond donors (Lipinski definition) is 1. The van der Waals surface area contributed by atoms with Crippen molar-refractivity contribution in [2.75, 3.05) is 20.8 Å². The lowest BCUT2D eigenvalue weighted by Crippen LogP contribution is -2.30. The van der Waals surface area contributed by atoms with Crippen molar-refractivity contribution in [2.45, 2.75) is 6.10 Å². The molecule has 0 aliphatic carbocycles. The van der Waals surface area contributed by atoms with Gasteiger partial charge >= 0.3 is 0 Å². The zero-order valence-corrected chi connectivity index (χ0v) is 12.8. The van der Waals surface area contributed by atoms with Crippen LogP contribution in [-0.4, -0.2) is 26.7 Å². The van der Waals surface area contributed by atoms with Gasteiger partial charge in [-0.3, -0.25) is 4.79 Å². The maximum Gasteiger partial charge on any atom is 0.254 e. The summed E-state index contributed by atoms with van der Waals surface area (Å²) in [6.45, 7) is 0.118. The van der Waals surface area contributed by atoms with Crippen molar-refractivity contribution in [1.29, 1.82) is 0 Å². The number of benzene rings is 2. The van der Waals surface area contributed by atoms with Crippen LogP contribution in [0.1, 0.15) is 22.0 Å². The fraction of sp³-hybridized carbons (Fsp3) is 0.235. The molecule has 2 aromatic rings. The first-order valence-corrected chi connectivity index (χ1v) is 6.95. The molecule has 0 aliphatic heterocycles. The number of carbonyl (C=O) groups is 1. The molecular weight excluding hydrogens is 304 g/mol. The average Bonchev–Trinajstić information content (AvgIpc) is 2.55. The lowest BCUT2D eigenvalue weighted by molar-refractivity contribution is 0.0816. The molecule has 0 radical (unpaired) electrons. The second-order valence-electron chi connectivity index (χ2n) is 4.80. The summed E-state index contributed by atoms with van der Waals surface area (Å²) in [6, 6.07) is 10.0. The van der Waals surface area contributed by atoms with Crippen molar-refractivity contribution in [3.05, 3.63) is 65.2 Å². The fourth-order valence-electron chi connectivity index (χ4n) is 2.21. The summed E-state index contributed by atoms with van der Waals surface area (Å²) in [4.78, 5) is 12.0. The molecule has 23 heavy (non-hydrogen) atoms. The second-order valence-corrected chi connectivity index (χ2v) is 4.80. The summed E-state index contributed by atoms with van der Waals surface area (Å²) in [7, 11) is 3.04. The highest BCUT2D eigenvalue weighted by molar-refractivity contribution is 5.94. The van der Waals surface area contributed by atoms with Crippen LogP contribution in [0.2, 0.25) is 0 Å². The molecule has 0 bridgehead atoms. The number of rotatable bonds is 6. The van der Waals surface area contributed by atoms with Crippen LogP contribution in [0.5, 0.6) is 5.75 Å². The molecule has 1 unspecified atom stereocenters. The number of ether oxygens (including phenoxy) is 2. The molecule has 6 heteroatoms. The van der Waals surface area contributed by atoms with Crippen LogP contribution in [0, 0.1) is 11.6 Å². The Morgan fingerprint density at radius 2 is 1.91 bits per heavy atom. The van der Waals surface area contributed by atoms with Gasteiger partial charge in [-0.25, -0.2) is 8.78 Å². The summed E-state index contributed by atoms with van der Waals surface area (Å²) in [5.41, 5.74) is 0.540. The van der Waals surface area contributed by atoms with E-state index in [9.17, 15) is 13.6 Å². The summed E-state index contributed by atoms with van der Waals surface area (Å²) in [5, 5.41) is 2.58. The fourth-order valence-corrected chi connectivity index (χ4v) is 2.21. The predicted molar refractivity (Wildman–Crippen MR) is 81.4 cm³/mol. The molecule has 2 rings (SSSR count). The molecule has 0 heterocycles. The summed E-state index contributed by atoms with van der Waals surface area (Å²) in [6.07, 6.45) is -0.460. The van der Waals surface area contributed by atoms with Gasteiger partial charge in [0.1, 0.15) is 23.5 Å². The average molecular weight is 321 g/mol. The molecule has 0 aliphatic rings. The number of hydrogen-bond acceptors (Lipinski definition) is 3. The molecule has 0 aromatic heterocycles. The normalized spacial score (nSPS) is 11.8. The van der Waals surface area contributed by atoms with Crippen molar-refractivity contribution in [3.8, 4) is 5.75 Å². The maximum absolute atomic E-state index is 13.6. The van der Waals surface area contributed by atoms with Gasteiger partial charge in [-0.15, -0.1) is 0 Å². The van der Waals surface area contributed by atoms with Crippen molar-refractivity contribution < 1.29 is 23.0 Å². The number of halogens is 2. The van der Waals surface area contributed by atoms with Crippen LogP contribution in [0.15, 0.2) is 42.5 Å². The van der Waals surface area contributed by atoms with Gasteiger partial charge in [0.15, 0.2) is 0 Å². The third-order valence-electron chi connectivity index (χ3n) is 3.39. The topological polar surface area (TPSA) is 47.6 Å². The van der Waals surface area contributed by atoms with E-state index in [2.05, 4.69) is 5.32 Å². The maximum atomic E-state index is 13.6. The summed E-state index contributed by atoms with van der Waals surface area (Å²) >= 11 is 0. The first kappa shape index (κ1) is 16.9. The van der Waals surface area contributed by atoms with E-state index in [-0.39, 0.29) is 12.1 Å². The van der Waals surface area contributed by atoms with Gasteiger partial charge in [-0.05, 0) is 18.2 Å². The molecule has 1 amide bonds. The monoisotopic (exact) mass is 321 g/mol. The largest absolute Gasteiger partial charge is 0.496 e. The lowest BCUT2D eigenvalue weighted by Gasteiger charge is -2.19. The first-order valence-electron chi connectivity index (χ1n) is 6.95. The molecule has 1 N–H and O–H groups in total. The molecule has 0 saturated carbocycles. The molecule has 0 saturated heterocycles. The van der Waals surface area contributed by atoms with E-state index in [1.54, 1.807) is 6.07 Å². The van der Waals surface area contributed by atoms with Crippen LogP contribution < -0.4 is 10.1 Å². The van der Waals surface area contributed by atoms with Gasteiger partial charge in [0.25, 0.3) is 5.91 Å². The molecule has 2 aromatic carbocycles. The second kappa shape index (κ2) is 7.69. The van der Waals surface area contributed by atoms with Crippen LogP contribution in [0.3, 0.4) is 0 Å². The molecule has 4 nitrogen and oxygen atoms in total. The Kier molecular flexibility index (Phi) is 5.65. The number of nitrogens with one attached hydrogen (secondary N) is 1. The standard InChI is InChI=1S/C17H17F2NO3/c1-22-15-6-4-3-5-13(15)16(23-2)10-20-17(21)12-8-7-11(18)9-14(12)19/h3-9,16H,10H2,1-2H3,(H,20,21). The van der Waals surface area contributed by atoms with Gasteiger partial charge in [0.2, 0.25) is 0 Å². The molecular formula is C17H17F2NO3. The lowest BCUT2D eigenvalue weighted by atomic mass is 10.1. The highest BCUT2D eigenvalue weighted by Crippen LogP contribution is 2.26. The van der Waals surface area contributed by atoms with Crippen molar-refractivity contribution in [2.24, 2.45) is 0 Å². The van der Waals surface area contributed by atoms with Gasteiger partial charge in [0.05, 0.1) is 12.7 Å². The van der Waals surface area contributed by atoms with Crippen LogP contribution in [0.25, 0.3) is 0 Å². The molecule has 0 spiro atoms. The van der Waals surface area contributed by atoms with Gasteiger partial charge in [0, 0.05) is 25.3 Å². The van der Waals surface area contributed by atoms with Gasteiger partial charge in [-0.2, -0.15) is 0 Å². The number of methoxy groups -OCH3 is 2. The van der Waals surface area contributed by atoms with Crippen LogP contribution in [-0.2, 0) is 4.74 Å². The number of para-hydroxylation sites is 1. The Bertz CT molecular complexity index is 691. The first-order chi connectivity index (χ1) is 11.1. The minimum atomic E-state index is -0.909. The molecule has 1 atom stereocenters. The van der Waals surface area contributed by atoms with Crippen molar-refractivity contribution in [3.63, 3.8) is 0 Å². The smallest absolute Gasteiger partial charge is 0.254 e. The molecule has 0 fully saturated rings. The zero-order valence-electron chi connectivity index (χ0n) is 12.8. The Balaban J connectivity index is 2.09. The van der Waals surface area contributed by atoms with Crippen molar-refractivity contribution in [1.82, 2.24) is 5.32 Å². The third kappa shape index (κ3) is 4.04. The zero-order chi connectivity index (χ0) is 16.8. The van der Waals surface area contributed by atoms with E-state index in [0.717, 1.165) is 17.7 Å². The Morgan fingerprint density at radius 1 is 1.17 bits per heavy atom. The van der Waals surface area contributed by atoms with E-state index < -0.39 is 23.6 Å². The Labute approximate surface area is 133 Å². The van der Waals surface area contributed by atoms with Crippen LogP contribution in [0.4, 0.5) is 8.78 Å². The minimum Gasteiger partial charge on any atom is -0.496 e. The predicted octanol–water partition coefficient (Wildman–Crippen LogP) is 3.09. The third-order valence-corrected chi connectivity index (χ3v) is 3.39.